The molecular formula is C12H12ClN3O. The fraction of sp³-hybridized carbons (Fsp3) is 0.167. The predicted octanol–water partition coefficient (Wildman–Crippen LogP) is 1.81. The van der Waals surface area contributed by atoms with E-state index in [4.69, 9.17) is 11.6 Å². The van der Waals surface area contributed by atoms with E-state index < -0.39 is 0 Å². The Balaban J connectivity index is 2.48. The predicted molar refractivity (Wildman–Crippen MR) is 68.1 cm³/mol. The highest BCUT2D eigenvalue weighted by molar-refractivity contribution is 6.30. The van der Waals surface area contributed by atoms with E-state index in [1.165, 1.54) is 6.07 Å². The second-order valence-corrected chi connectivity index (χ2v) is 4.06. The van der Waals surface area contributed by atoms with E-state index in [-0.39, 0.29) is 5.56 Å². The average molecular weight is 250 g/mol. The molecule has 0 aliphatic carbocycles. The fourth-order valence-electron chi connectivity index (χ4n) is 1.55. The van der Waals surface area contributed by atoms with Gasteiger partial charge >= 0.3 is 0 Å². The summed E-state index contributed by atoms with van der Waals surface area (Å²) in [6.07, 6.45) is 0. The first-order valence-electron chi connectivity index (χ1n) is 5.20. The number of aromatic nitrogens is 2. The van der Waals surface area contributed by atoms with Crippen molar-refractivity contribution < 1.29 is 0 Å². The van der Waals surface area contributed by atoms with Crippen molar-refractivity contribution in [3.8, 4) is 11.4 Å². The second kappa shape index (κ2) is 5.12. The molecule has 1 heterocycles. The zero-order chi connectivity index (χ0) is 12.3. The van der Waals surface area contributed by atoms with Crippen LogP contribution in [0.5, 0.6) is 0 Å². The summed E-state index contributed by atoms with van der Waals surface area (Å²) in [4.78, 5) is 18.5. The Bertz CT molecular complexity index is 580. The fourth-order valence-corrected chi connectivity index (χ4v) is 1.74. The molecule has 0 bridgehead atoms. The van der Waals surface area contributed by atoms with Crippen LogP contribution in [0, 0.1) is 0 Å². The van der Waals surface area contributed by atoms with Crippen LogP contribution < -0.4 is 10.9 Å². The lowest BCUT2D eigenvalue weighted by Crippen LogP contribution is -2.14. The van der Waals surface area contributed by atoms with Crippen LogP contribution in [0.1, 0.15) is 5.69 Å². The van der Waals surface area contributed by atoms with Crippen molar-refractivity contribution >= 4 is 11.6 Å². The Morgan fingerprint density at radius 3 is 2.94 bits per heavy atom. The van der Waals surface area contributed by atoms with E-state index in [1.807, 2.05) is 19.2 Å². The molecule has 1 aromatic heterocycles. The first-order valence-corrected chi connectivity index (χ1v) is 5.57. The van der Waals surface area contributed by atoms with Gasteiger partial charge in [0.05, 0.1) is 5.69 Å². The summed E-state index contributed by atoms with van der Waals surface area (Å²) in [5, 5.41) is 3.57. The standard InChI is InChI=1S/C12H12ClN3O/c1-14-7-10-6-11(17)16-12(15-10)8-3-2-4-9(13)5-8/h2-6,14H,7H2,1H3,(H,15,16,17). The van der Waals surface area contributed by atoms with Gasteiger partial charge in [0.1, 0.15) is 5.82 Å². The molecular weight excluding hydrogens is 238 g/mol. The zero-order valence-corrected chi connectivity index (χ0v) is 10.1. The highest BCUT2D eigenvalue weighted by atomic mass is 35.5. The van der Waals surface area contributed by atoms with Gasteiger partial charge in [-0.3, -0.25) is 4.79 Å². The number of nitrogens with one attached hydrogen (secondary N) is 2. The summed E-state index contributed by atoms with van der Waals surface area (Å²) >= 11 is 5.90. The first kappa shape index (κ1) is 11.8. The largest absolute Gasteiger partial charge is 0.314 e. The van der Waals surface area contributed by atoms with Gasteiger partial charge < -0.3 is 10.3 Å². The van der Waals surface area contributed by atoms with Crippen LogP contribution in [0.2, 0.25) is 5.02 Å². The Kier molecular flexibility index (Phi) is 3.56. The van der Waals surface area contributed by atoms with Crippen molar-refractivity contribution in [2.75, 3.05) is 7.05 Å². The van der Waals surface area contributed by atoms with Crippen molar-refractivity contribution in [1.82, 2.24) is 15.3 Å². The van der Waals surface area contributed by atoms with E-state index in [2.05, 4.69) is 15.3 Å². The highest BCUT2D eigenvalue weighted by Crippen LogP contribution is 2.18. The molecule has 2 rings (SSSR count). The number of aromatic amines is 1. The number of benzene rings is 1. The Hall–Kier alpha value is -1.65. The highest BCUT2D eigenvalue weighted by Gasteiger charge is 2.04. The number of nitrogens with zero attached hydrogens (tertiary/aromatic N) is 1. The first-order chi connectivity index (χ1) is 8.19. The molecule has 0 aliphatic rings. The average Bonchev–Trinajstić information content (AvgIpc) is 2.28. The maximum absolute atomic E-state index is 11.5. The van der Waals surface area contributed by atoms with Gasteiger partial charge in [0, 0.05) is 23.2 Å². The topological polar surface area (TPSA) is 57.8 Å². The van der Waals surface area contributed by atoms with Crippen LogP contribution in [0.15, 0.2) is 35.1 Å². The van der Waals surface area contributed by atoms with Crippen LogP contribution >= 0.6 is 11.6 Å². The van der Waals surface area contributed by atoms with Crippen molar-refractivity contribution in [2.24, 2.45) is 0 Å². The number of hydrogen-bond acceptors (Lipinski definition) is 3. The van der Waals surface area contributed by atoms with Crippen molar-refractivity contribution in [3.05, 3.63) is 51.4 Å². The Morgan fingerprint density at radius 1 is 1.41 bits per heavy atom. The van der Waals surface area contributed by atoms with Crippen molar-refractivity contribution in [2.45, 2.75) is 6.54 Å². The molecule has 0 unspecified atom stereocenters. The monoisotopic (exact) mass is 249 g/mol. The van der Waals surface area contributed by atoms with E-state index in [1.54, 1.807) is 12.1 Å². The van der Waals surface area contributed by atoms with Crippen molar-refractivity contribution in [3.63, 3.8) is 0 Å². The summed E-state index contributed by atoms with van der Waals surface area (Å²) in [7, 11) is 1.81. The van der Waals surface area contributed by atoms with E-state index in [9.17, 15) is 4.79 Å². The minimum absolute atomic E-state index is 0.166. The van der Waals surface area contributed by atoms with Crippen LogP contribution in [-0.2, 0) is 6.54 Å². The van der Waals surface area contributed by atoms with E-state index >= 15 is 0 Å². The molecule has 5 heteroatoms. The lowest BCUT2D eigenvalue weighted by atomic mass is 10.2. The van der Waals surface area contributed by atoms with Gasteiger partial charge in [-0.05, 0) is 19.2 Å². The molecule has 0 fully saturated rings. The van der Waals surface area contributed by atoms with E-state index in [0.29, 0.717) is 23.1 Å². The third kappa shape index (κ3) is 2.93. The number of halogens is 1. The maximum atomic E-state index is 11.5. The van der Waals surface area contributed by atoms with Crippen LogP contribution in [0.4, 0.5) is 0 Å². The lowest BCUT2D eigenvalue weighted by molar-refractivity contribution is 0.785. The third-order valence-electron chi connectivity index (χ3n) is 2.25. The van der Waals surface area contributed by atoms with Gasteiger partial charge in [0.15, 0.2) is 0 Å². The Morgan fingerprint density at radius 2 is 2.24 bits per heavy atom. The maximum Gasteiger partial charge on any atom is 0.251 e. The molecule has 88 valence electrons. The normalized spacial score (nSPS) is 10.5. The summed E-state index contributed by atoms with van der Waals surface area (Å²) < 4.78 is 0. The molecule has 0 saturated heterocycles. The molecule has 2 aromatic rings. The molecule has 1 aromatic carbocycles. The molecule has 4 nitrogen and oxygen atoms in total. The molecule has 0 amide bonds. The number of hydrogen-bond donors (Lipinski definition) is 2. The summed E-state index contributed by atoms with van der Waals surface area (Å²) in [5.74, 6) is 0.533. The van der Waals surface area contributed by atoms with Crippen LogP contribution in [0.25, 0.3) is 11.4 Å². The SMILES string of the molecule is CNCc1cc(=O)[nH]c(-c2cccc(Cl)c2)n1. The van der Waals surface area contributed by atoms with Gasteiger partial charge in [-0.15, -0.1) is 0 Å². The third-order valence-corrected chi connectivity index (χ3v) is 2.49. The molecule has 0 radical (unpaired) electrons. The molecule has 0 spiro atoms. The van der Waals surface area contributed by atoms with Gasteiger partial charge in [0.2, 0.25) is 0 Å². The quantitative estimate of drug-likeness (QED) is 0.872. The van der Waals surface area contributed by atoms with Crippen LogP contribution in [0.3, 0.4) is 0 Å². The minimum Gasteiger partial charge on any atom is -0.314 e. The molecule has 17 heavy (non-hydrogen) atoms. The molecule has 2 N–H and O–H groups in total. The number of H-pyrrole nitrogens is 1. The van der Waals surface area contributed by atoms with Crippen molar-refractivity contribution in [1.29, 1.82) is 0 Å². The summed E-state index contributed by atoms with van der Waals surface area (Å²) in [6.45, 7) is 0.553. The molecule has 0 saturated carbocycles. The van der Waals surface area contributed by atoms with E-state index in [0.717, 1.165) is 5.56 Å². The van der Waals surface area contributed by atoms with Gasteiger partial charge in [-0.2, -0.15) is 0 Å². The summed E-state index contributed by atoms with van der Waals surface area (Å²) in [6, 6.07) is 8.70. The van der Waals surface area contributed by atoms with Gasteiger partial charge in [-0.1, -0.05) is 23.7 Å². The Labute approximate surface area is 104 Å². The number of rotatable bonds is 3. The summed E-state index contributed by atoms with van der Waals surface area (Å²) in [5.41, 5.74) is 1.33. The minimum atomic E-state index is -0.166. The molecule has 0 atom stereocenters. The zero-order valence-electron chi connectivity index (χ0n) is 9.33. The van der Waals surface area contributed by atoms with Crippen LogP contribution in [-0.4, -0.2) is 17.0 Å². The lowest BCUT2D eigenvalue weighted by Gasteiger charge is -2.04. The smallest absolute Gasteiger partial charge is 0.251 e. The molecule has 0 aliphatic heterocycles. The second-order valence-electron chi connectivity index (χ2n) is 3.63. The van der Waals surface area contributed by atoms with Gasteiger partial charge in [0.25, 0.3) is 5.56 Å². The van der Waals surface area contributed by atoms with Gasteiger partial charge in [-0.25, -0.2) is 4.98 Å².